The average Bonchev–Trinajstić information content (AvgIpc) is 2.62. The molecule has 0 bridgehead atoms. The maximum Gasteiger partial charge on any atom is 0.229 e. The van der Waals surface area contributed by atoms with Crippen LogP contribution in [-0.2, 0) is 0 Å². The first-order valence-corrected chi connectivity index (χ1v) is 7.45. The Hall–Kier alpha value is -2.88. The fourth-order valence-electron chi connectivity index (χ4n) is 2.47. The number of methoxy groups -OCH3 is 1. The molecule has 0 radical (unpaired) electrons. The van der Waals surface area contributed by atoms with Gasteiger partial charge in [0.25, 0.3) is 0 Å². The molecule has 1 aromatic heterocycles. The van der Waals surface area contributed by atoms with E-state index in [2.05, 4.69) is 29.0 Å². The molecule has 2 aromatic carbocycles. The highest BCUT2D eigenvalue weighted by Crippen LogP contribution is 2.25. The Morgan fingerprint density at radius 3 is 2.13 bits per heavy atom. The third-order valence-corrected chi connectivity index (χ3v) is 3.84. The van der Waals surface area contributed by atoms with Gasteiger partial charge in [0.1, 0.15) is 5.75 Å². The summed E-state index contributed by atoms with van der Waals surface area (Å²) in [6, 6.07) is 16.1. The lowest BCUT2D eigenvalue weighted by atomic mass is 10.1. The van der Waals surface area contributed by atoms with Crippen LogP contribution in [0.4, 0.5) is 11.6 Å². The molecule has 116 valence electrons. The van der Waals surface area contributed by atoms with Gasteiger partial charge in [0.05, 0.1) is 7.11 Å². The van der Waals surface area contributed by atoms with Crippen molar-refractivity contribution in [1.29, 1.82) is 0 Å². The molecular weight excluding hydrogens is 286 g/mol. The van der Waals surface area contributed by atoms with Crippen LogP contribution >= 0.6 is 0 Å². The van der Waals surface area contributed by atoms with E-state index in [0.717, 1.165) is 22.6 Å². The molecule has 0 spiro atoms. The highest BCUT2D eigenvalue weighted by atomic mass is 16.5. The fourth-order valence-corrected chi connectivity index (χ4v) is 2.47. The van der Waals surface area contributed by atoms with E-state index in [9.17, 15) is 0 Å². The fraction of sp³-hybridized carbons (Fsp3) is 0.158. The summed E-state index contributed by atoms with van der Waals surface area (Å²) in [7, 11) is 3.64. The number of rotatable bonds is 4. The Morgan fingerprint density at radius 1 is 0.870 bits per heavy atom. The Kier molecular flexibility index (Phi) is 4.24. The first-order valence-electron chi connectivity index (χ1n) is 7.45. The van der Waals surface area contributed by atoms with E-state index < -0.39 is 0 Å². The van der Waals surface area contributed by atoms with E-state index in [1.807, 2.05) is 60.7 Å². The molecule has 4 heteroatoms. The van der Waals surface area contributed by atoms with Gasteiger partial charge in [-0.2, -0.15) is 0 Å². The SMILES string of the molecule is COc1ccc(-c2cnc(N(C)c3ccccc3C)nc2)cc1. The molecule has 23 heavy (non-hydrogen) atoms. The zero-order valence-electron chi connectivity index (χ0n) is 13.5. The summed E-state index contributed by atoms with van der Waals surface area (Å²) in [5.41, 5.74) is 4.34. The first kappa shape index (κ1) is 15.0. The Morgan fingerprint density at radius 2 is 1.52 bits per heavy atom. The summed E-state index contributed by atoms with van der Waals surface area (Å²) in [5, 5.41) is 0. The molecule has 3 aromatic rings. The summed E-state index contributed by atoms with van der Waals surface area (Å²) in [6.07, 6.45) is 3.69. The molecule has 0 atom stereocenters. The van der Waals surface area contributed by atoms with Crippen molar-refractivity contribution in [1.82, 2.24) is 9.97 Å². The second-order valence-corrected chi connectivity index (χ2v) is 5.35. The standard InChI is InChI=1S/C19H19N3O/c1-14-6-4-5-7-18(14)22(2)19-20-12-16(13-21-19)15-8-10-17(23-3)11-9-15/h4-13H,1-3H3. The van der Waals surface area contributed by atoms with Crippen molar-refractivity contribution in [3.05, 3.63) is 66.5 Å². The van der Waals surface area contributed by atoms with Crippen molar-refractivity contribution in [3.63, 3.8) is 0 Å². The monoisotopic (exact) mass is 305 g/mol. The van der Waals surface area contributed by atoms with Crippen LogP contribution in [0.2, 0.25) is 0 Å². The molecule has 0 fully saturated rings. The van der Waals surface area contributed by atoms with E-state index >= 15 is 0 Å². The van der Waals surface area contributed by atoms with Crippen molar-refractivity contribution in [2.45, 2.75) is 6.92 Å². The minimum atomic E-state index is 0.677. The summed E-state index contributed by atoms with van der Waals surface area (Å²) in [6.45, 7) is 2.08. The maximum absolute atomic E-state index is 5.18. The Balaban J connectivity index is 1.85. The Bertz CT molecular complexity index is 782. The number of para-hydroxylation sites is 1. The number of aromatic nitrogens is 2. The van der Waals surface area contributed by atoms with Crippen LogP contribution in [0.5, 0.6) is 5.75 Å². The number of benzene rings is 2. The molecule has 3 rings (SSSR count). The van der Waals surface area contributed by atoms with Gasteiger partial charge >= 0.3 is 0 Å². The lowest BCUT2D eigenvalue weighted by molar-refractivity contribution is 0.415. The average molecular weight is 305 g/mol. The summed E-state index contributed by atoms with van der Waals surface area (Å²) in [5.74, 6) is 1.52. The van der Waals surface area contributed by atoms with Crippen molar-refractivity contribution in [2.24, 2.45) is 0 Å². The minimum Gasteiger partial charge on any atom is -0.497 e. The third-order valence-electron chi connectivity index (χ3n) is 3.84. The van der Waals surface area contributed by atoms with Crippen molar-refractivity contribution in [2.75, 3.05) is 19.1 Å². The predicted octanol–water partition coefficient (Wildman–Crippen LogP) is 4.23. The second-order valence-electron chi connectivity index (χ2n) is 5.35. The quantitative estimate of drug-likeness (QED) is 0.723. The van der Waals surface area contributed by atoms with E-state index in [1.54, 1.807) is 7.11 Å². The third kappa shape index (κ3) is 3.16. The molecule has 0 saturated heterocycles. The molecule has 0 unspecified atom stereocenters. The van der Waals surface area contributed by atoms with Crippen molar-refractivity contribution in [3.8, 4) is 16.9 Å². The van der Waals surface area contributed by atoms with Crippen LogP contribution in [0.3, 0.4) is 0 Å². The van der Waals surface area contributed by atoms with Crippen LogP contribution < -0.4 is 9.64 Å². The summed E-state index contributed by atoms with van der Waals surface area (Å²) in [4.78, 5) is 11.0. The maximum atomic E-state index is 5.18. The van der Waals surface area contributed by atoms with Gasteiger partial charge < -0.3 is 9.64 Å². The molecule has 1 heterocycles. The van der Waals surface area contributed by atoms with E-state index in [1.165, 1.54) is 5.56 Å². The second kappa shape index (κ2) is 6.48. The van der Waals surface area contributed by atoms with E-state index in [0.29, 0.717) is 5.95 Å². The minimum absolute atomic E-state index is 0.677. The topological polar surface area (TPSA) is 38.2 Å². The smallest absolute Gasteiger partial charge is 0.229 e. The van der Waals surface area contributed by atoms with Gasteiger partial charge in [-0.05, 0) is 36.2 Å². The zero-order valence-corrected chi connectivity index (χ0v) is 13.5. The van der Waals surface area contributed by atoms with Gasteiger partial charge in [0.15, 0.2) is 0 Å². The number of ether oxygens (including phenoxy) is 1. The van der Waals surface area contributed by atoms with E-state index in [-0.39, 0.29) is 0 Å². The van der Waals surface area contributed by atoms with Crippen molar-refractivity contribution < 1.29 is 4.74 Å². The zero-order chi connectivity index (χ0) is 16.2. The number of hydrogen-bond acceptors (Lipinski definition) is 4. The van der Waals surface area contributed by atoms with Gasteiger partial charge in [-0.1, -0.05) is 30.3 Å². The number of nitrogens with zero attached hydrogens (tertiary/aromatic N) is 3. The molecule has 0 aliphatic carbocycles. The number of anilines is 2. The summed E-state index contributed by atoms with van der Waals surface area (Å²) >= 11 is 0. The number of aryl methyl sites for hydroxylation is 1. The highest BCUT2D eigenvalue weighted by Gasteiger charge is 2.09. The molecular formula is C19H19N3O. The highest BCUT2D eigenvalue weighted by molar-refractivity contribution is 5.65. The molecule has 0 aliphatic heterocycles. The van der Waals surface area contributed by atoms with Crippen LogP contribution in [0.25, 0.3) is 11.1 Å². The molecule has 0 amide bonds. The largest absolute Gasteiger partial charge is 0.497 e. The van der Waals surface area contributed by atoms with E-state index in [4.69, 9.17) is 4.74 Å². The lowest BCUT2D eigenvalue weighted by Gasteiger charge is -2.19. The van der Waals surface area contributed by atoms with Crippen LogP contribution in [0, 0.1) is 6.92 Å². The molecule has 0 N–H and O–H groups in total. The van der Waals surface area contributed by atoms with Gasteiger partial charge in [-0.3, -0.25) is 0 Å². The molecule has 0 aliphatic rings. The Labute approximate surface area is 136 Å². The first-order chi connectivity index (χ1) is 11.2. The number of hydrogen-bond donors (Lipinski definition) is 0. The lowest BCUT2D eigenvalue weighted by Crippen LogP contribution is -2.13. The molecule has 0 saturated carbocycles. The van der Waals surface area contributed by atoms with Gasteiger partial charge in [-0.25, -0.2) is 9.97 Å². The normalized spacial score (nSPS) is 10.4. The van der Waals surface area contributed by atoms with Crippen LogP contribution in [-0.4, -0.2) is 24.1 Å². The van der Waals surface area contributed by atoms with Gasteiger partial charge in [0.2, 0.25) is 5.95 Å². The van der Waals surface area contributed by atoms with Crippen LogP contribution in [0.15, 0.2) is 60.9 Å². The molecule has 4 nitrogen and oxygen atoms in total. The van der Waals surface area contributed by atoms with Crippen LogP contribution in [0.1, 0.15) is 5.56 Å². The van der Waals surface area contributed by atoms with Gasteiger partial charge in [-0.15, -0.1) is 0 Å². The van der Waals surface area contributed by atoms with Gasteiger partial charge in [0, 0.05) is 30.7 Å². The van der Waals surface area contributed by atoms with Crippen molar-refractivity contribution >= 4 is 11.6 Å². The summed E-state index contributed by atoms with van der Waals surface area (Å²) < 4.78 is 5.18. The predicted molar refractivity (Wildman–Crippen MR) is 93.3 cm³/mol.